The van der Waals surface area contributed by atoms with E-state index in [2.05, 4.69) is 11.9 Å². The average Bonchev–Trinajstić information content (AvgIpc) is 1.79. The van der Waals surface area contributed by atoms with Crippen molar-refractivity contribution in [3.63, 3.8) is 0 Å². The summed E-state index contributed by atoms with van der Waals surface area (Å²) in [5.74, 6) is 2.64. The van der Waals surface area contributed by atoms with Crippen LogP contribution in [0.2, 0.25) is 0 Å². The molecular weight excluding hydrogens is 144 g/mol. The second-order valence-electron chi connectivity index (χ2n) is 2.81. The lowest BCUT2D eigenvalue weighted by atomic mass is 10.3. The molecular formula is C7H16N2S. The van der Waals surface area contributed by atoms with Crippen LogP contribution in [0.4, 0.5) is 0 Å². The SMILES string of the molecule is CN(CCCN)C1CSC1. The van der Waals surface area contributed by atoms with Crippen molar-refractivity contribution in [2.45, 2.75) is 12.5 Å². The molecule has 0 bridgehead atoms. The van der Waals surface area contributed by atoms with Gasteiger partial charge in [-0.05, 0) is 26.6 Å². The third kappa shape index (κ3) is 2.15. The monoisotopic (exact) mass is 160 g/mol. The quantitative estimate of drug-likeness (QED) is 0.645. The van der Waals surface area contributed by atoms with Crippen molar-refractivity contribution in [1.29, 1.82) is 0 Å². The fourth-order valence-electron chi connectivity index (χ4n) is 1.00. The molecule has 0 radical (unpaired) electrons. The van der Waals surface area contributed by atoms with Crippen LogP contribution < -0.4 is 5.73 Å². The van der Waals surface area contributed by atoms with E-state index in [0.717, 1.165) is 19.0 Å². The van der Waals surface area contributed by atoms with Crippen molar-refractivity contribution in [3.8, 4) is 0 Å². The predicted molar refractivity (Wildman–Crippen MR) is 47.4 cm³/mol. The van der Waals surface area contributed by atoms with Gasteiger partial charge in [0.05, 0.1) is 0 Å². The van der Waals surface area contributed by atoms with Crippen LogP contribution in [0.15, 0.2) is 0 Å². The third-order valence-electron chi connectivity index (χ3n) is 1.96. The lowest BCUT2D eigenvalue weighted by Crippen LogP contribution is -2.42. The standard InChI is InChI=1S/C7H16N2S/c1-9(4-2-3-8)7-5-10-6-7/h7H,2-6,8H2,1H3. The molecule has 0 spiro atoms. The minimum absolute atomic E-state index is 0.824. The van der Waals surface area contributed by atoms with Crippen LogP contribution in [0, 0.1) is 0 Å². The maximum Gasteiger partial charge on any atom is 0.0273 e. The van der Waals surface area contributed by atoms with Crippen molar-refractivity contribution < 1.29 is 0 Å². The Labute approximate surface area is 67.1 Å². The second-order valence-corrected chi connectivity index (χ2v) is 3.89. The first kappa shape index (κ1) is 8.37. The summed E-state index contributed by atoms with van der Waals surface area (Å²) < 4.78 is 0. The first-order valence-corrected chi connectivity index (χ1v) is 4.98. The normalized spacial score (nSPS) is 19.5. The predicted octanol–water partition coefficient (Wildman–Crippen LogP) is 0.382. The zero-order chi connectivity index (χ0) is 7.40. The van der Waals surface area contributed by atoms with Gasteiger partial charge in [0.1, 0.15) is 0 Å². The number of nitrogens with two attached hydrogens (primary N) is 1. The molecule has 0 amide bonds. The molecule has 0 saturated carbocycles. The molecule has 0 aromatic rings. The number of hydrogen-bond acceptors (Lipinski definition) is 3. The molecule has 1 heterocycles. The highest BCUT2D eigenvalue weighted by molar-refractivity contribution is 8.00. The Hall–Kier alpha value is 0.270. The van der Waals surface area contributed by atoms with Crippen LogP contribution in [0.1, 0.15) is 6.42 Å². The van der Waals surface area contributed by atoms with E-state index < -0.39 is 0 Å². The Bertz CT molecular complexity index is 93.6. The molecule has 1 aliphatic rings. The Balaban J connectivity index is 2.02. The molecule has 3 heteroatoms. The fourth-order valence-corrected chi connectivity index (χ4v) is 1.96. The van der Waals surface area contributed by atoms with E-state index in [1.165, 1.54) is 18.1 Å². The molecule has 0 atom stereocenters. The van der Waals surface area contributed by atoms with E-state index >= 15 is 0 Å². The number of nitrogens with zero attached hydrogens (tertiary/aromatic N) is 1. The topological polar surface area (TPSA) is 29.3 Å². The maximum atomic E-state index is 5.40. The fraction of sp³-hybridized carbons (Fsp3) is 1.00. The minimum Gasteiger partial charge on any atom is -0.330 e. The van der Waals surface area contributed by atoms with Crippen LogP contribution in [0.3, 0.4) is 0 Å². The highest BCUT2D eigenvalue weighted by Gasteiger charge is 2.21. The lowest BCUT2D eigenvalue weighted by molar-refractivity contribution is 0.270. The van der Waals surface area contributed by atoms with Crippen molar-refractivity contribution in [3.05, 3.63) is 0 Å². The van der Waals surface area contributed by atoms with Crippen molar-refractivity contribution in [1.82, 2.24) is 4.90 Å². The highest BCUT2D eigenvalue weighted by Crippen LogP contribution is 2.21. The van der Waals surface area contributed by atoms with Gasteiger partial charge in [-0.2, -0.15) is 11.8 Å². The van der Waals surface area contributed by atoms with Gasteiger partial charge in [0.2, 0.25) is 0 Å². The molecule has 0 aromatic heterocycles. The summed E-state index contributed by atoms with van der Waals surface area (Å²) in [5, 5.41) is 0. The zero-order valence-corrected chi connectivity index (χ0v) is 7.36. The van der Waals surface area contributed by atoms with Crippen molar-refractivity contribution >= 4 is 11.8 Å². The summed E-state index contributed by atoms with van der Waals surface area (Å²) in [6.07, 6.45) is 1.14. The molecule has 0 aromatic carbocycles. The van der Waals surface area contributed by atoms with Gasteiger partial charge in [-0.25, -0.2) is 0 Å². The summed E-state index contributed by atoms with van der Waals surface area (Å²) >= 11 is 2.03. The molecule has 2 nitrogen and oxygen atoms in total. The van der Waals surface area contributed by atoms with Gasteiger partial charge in [0, 0.05) is 17.5 Å². The molecule has 60 valence electrons. The van der Waals surface area contributed by atoms with Crippen LogP contribution in [-0.2, 0) is 0 Å². The number of thioether (sulfide) groups is 1. The summed E-state index contributed by atoms with van der Waals surface area (Å²) in [4.78, 5) is 2.42. The molecule has 0 unspecified atom stereocenters. The molecule has 1 fully saturated rings. The van der Waals surface area contributed by atoms with E-state index in [1.54, 1.807) is 0 Å². The van der Waals surface area contributed by atoms with Gasteiger partial charge in [0.25, 0.3) is 0 Å². The molecule has 0 aliphatic carbocycles. The largest absolute Gasteiger partial charge is 0.330 e. The summed E-state index contributed by atoms with van der Waals surface area (Å²) in [5.41, 5.74) is 5.40. The van der Waals surface area contributed by atoms with Crippen LogP contribution in [-0.4, -0.2) is 42.6 Å². The Kier molecular flexibility index (Phi) is 3.52. The van der Waals surface area contributed by atoms with Gasteiger partial charge in [-0.15, -0.1) is 0 Å². The van der Waals surface area contributed by atoms with Gasteiger partial charge in [-0.1, -0.05) is 0 Å². The lowest BCUT2D eigenvalue weighted by Gasteiger charge is -2.34. The zero-order valence-electron chi connectivity index (χ0n) is 6.55. The molecule has 1 aliphatic heterocycles. The molecule has 1 saturated heterocycles. The Morgan fingerprint density at radius 3 is 2.70 bits per heavy atom. The van der Waals surface area contributed by atoms with Gasteiger partial charge < -0.3 is 10.6 Å². The van der Waals surface area contributed by atoms with Crippen LogP contribution in [0.25, 0.3) is 0 Å². The van der Waals surface area contributed by atoms with E-state index in [9.17, 15) is 0 Å². The first-order valence-electron chi connectivity index (χ1n) is 3.82. The third-order valence-corrected chi connectivity index (χ3v) is 3.20. The summed E-state index contributed by atoms with van der Waals surface area (Å²) in [6, 6.07) is 0.844. The van der Waals surface area contributed by atoms with Gasteiger partial charge in [-0.3, -0.25) is 0 Å². The van der Waals surface area contributed by atoms with Crippen LogP contribution in [0.5, 0.6) is 0 Å². The van der Waals surface area contributed by atoms with Gasteiger partial charge >= 0.3 is 0 Å². The van der Waals surface area contributed by atoms with E-state index in [1.807, 2.05) is 11.8 Å². The maximum absolute atomic E-state index is 5.40. The number of hydrogen-bond donors (Lipinski definition) is 1. The highest BCUT2D eigenvalue weighted by atomic mass is 32.2. The van der Waals surface area contributed by atoms with Crippen LogP contribution >= 0.6 is 11.8 Å². The average molecular weight is 160 g/mol. The first-order chi connectivity index (χ1) is 4.84. The minimum atomic E-state index is 0.824. The molecule has 1 rings (SSSR count). The molecule has 10 heavy (non-hydrogen) atoms. The Morgan fingerprint density at radius 2 is 2.30 bits per heavy atom. The smallest absolute Gasteiger partial charge is 0.0273 e. The second kappa shape index (κ2) is 4.21. The van der Waals surface area contributed by atoms with E-state index in [0.29, 0.717) is 0 Å². The Morgan fingerprint density at radius 1 is 1.60 bits per heavy atom. The molecule has 2 N–H and O–H groups in total. The van der Waals surface area contributed by atoms with Crippen molar-refractivity contribution in [2.75, 3.05) is 31.6 Å². The van der Waals surface area contributed by atoms with Crippen molar-refractivity contribution in [2.24, 2.45) is 5.73 Å². The summed E-state index contributed by atoms with van der Waals surface area (Å²) in [6.45, 7) is 1.99. The van der Waals surface area contributed by atoms with E-state index in [4.69, 9.17) is 5.73 Å². The van der Waals surface area contributed by atoms with Gasteiger partial charge in [0.15, 0.2) is 0 Å². The van der Waals surface area contributed by atoms with E-state index in [-0.39, 0.29) is 0 Å². The number of rotatable bonds is 4. The summed E-state index contributed by atoms with van der Waals surface area (Å²) in [7, 11) is 2.19.